The van der Waals surface area contributed by atoms with Crippen LogP contribution in [-0.2, 0) is 0 Å². The Kier molecular flexibility index (Phi) is 3.57. The van der Waals surface area contributed by atoms with Gasteiger partial charge in [-0.25, -0.2) is 0 Å². The van der Waals surface area contributed by atoms with Crippen molar-refractivity contribution in [2.24, 2.45) is 0 Å². The van der Waals surface area contributed by atoms with Gasteiger partial charge < -0.3 is 10.1 Å². The van der Waals surface area contributed by atoms with Crippen LogP contribution in [0.3, 0.4) is 0 Å². The summed E-state index contributed by atoms with van der Waals surface area (Å²) in [6, 6.07) is 5.82. The lowest BCUT2D eigenvalue weighted by Gasteiger charge is -2.25. The second-order valence-electron chi connectivity index (χ2n) is 6.03. The van der Waals surface area contributed by atoms with Gasteiger partial charge in [0.15, 0.2) is 0 Å². The van der Waals surface area contributed by atoms with Gasteiger partial charge in [0.25, 0.3) is 5.91 Å². The van der Waals surface area contributed by atoms with Crippen molar-refractivity contribution in [2.75, 3.05) is 0 Å². The topological polar surface area (TPSA) is 38.3 Å². The number of amides is 1. The Bertz CT molecular complexity index is 494. The molecule has 1 aromatic carbocycles. The summed E-state index contributed by atoms with van der Waals surface area (Å²) in [5.41, 5.74) is 1.58. The lowest BCUT2D eigenvalue weighted by atomic mass is 9.96. The average Bonchev–Trinajstić information content (AvgIpc) is 2.65. The Morgan fingerprint density at radius 1 is 1.37 bits per heavy atom. The Labute approximate surface area is 115 Å². The van der Waals surface area contributed by atoms with Crippen molar-refractivity contribution in [3.8, 4) is 5.75 Å². The molecule has 2 rings (SSSR count). The zero-order chi connectivity index (χ0) is 14.2. The maximum atomic E-state index is 12.4. The first-order valence-corrected chi connectivity index (χ1v) is 6.98. The summed E-state index contributed by atoms with van der Waals surface area (Å²) < 4.78 is 5.86. The normalized spacial score (nSPS) is 21.7. The maximum absolute atomic E-state index is 12.4. The third kappa shape index (κ3) is 2.60. The van der Waals surface area contributed by atoms with Gasteiger partial charge in [-0.1, -0.05) is 26.0 Å². The first-order valence-electron chi connectivity index (χ1n) is 6.98. The number of nitrogens with one attached hydrogen (secondary N) is 1. The van der Waals surface area contributed by atoms with Gasteiger partial charge in [-0.3, -0.25) is 4.79 Å². The molecule has 0 fully saturated rings. The van der Waals surface area contributed by atoms with E-state index in [1.165, 1.54) is 0 Å². The fourth-order valence-corrected chi connectivity index (χ4v) is 2.23. The predicted molar refractivity (Wildman–Crippen MR) is 76.8 cm³/mol. The third-order valence-corrected chi connectivity index (χ3v) is 4.12. The molecule has 19 heavy (non-hydrogen) atoms. The Balaban J connectivity index is 2.31. The highest BCUT2D eigenvalue weighted by Crippen LogP contribution is 2.40. The lowest BCUT2D eigenvalue weighted by Crippen LogP contribution is -2.42. The molecule has 0 radical (unpaired) electrons. The molecule has 1 aromatic rings. The van der Waals surface area contributed by atoms with E-state index in [0.717, 1.165) is 17.7 Å². The number of hydrogen-bond acceptors (Lipinski definition) is 2. The van der Waals surface area contributed by atoms with Crippen molar-refractivity contribution in [2.45, 2.75) is 58.6 Å². The highest BCUT2D eigenvalue weighted by atomic mass is 16.5. The Morgan fingerprint density at radius 2 is 2.05 bits per heavy atom. The van der Waals surface area contributed by atoms with Gasteiger partial charge in [0, 0.05) is 17.0 Å². The molecular weight excluding hydrogens is 238 g/mol. The van der Waals surface area contributed by atoms with Gasteiger partial charge >= 0.3 is 0 Å². The minimum atomic E-state index is -0.199. The SMILES string of the molecule is CCC(C)(C)NC(=O)c1cccc2c1OC(C)C2C. The minimum Gasteiger partial charge on any atom is -0.489 e. The van der Waals surface area contributed by atoms with E-state index in [2.05, 4.69) is 19.2 Å². The first-order chi connectivity index (χ1) is 8.85. The molecule has 0 aromatic heterocycles. The molecule has 0 aliphatic carbocycles. The number of fused-ring (bicyclic) bond motifs is 1. The first kappa shape index (κ1) is 13.9. The zero-order valence-electron chi connectivity index (χ0n) is 12.4. The van der Waals surface area contributed by atoms with Crippen molar-refractivity contribution in [1.82, 2.24) is 5.32 Å². The summed E-state index contributed by atoms with van der Waals surface area (Å²) in [6.07, 6.45) is 1.02. The smallest absolute Gasteiger partial charge is 0.255 e. The van der Waals surface area contributed by atoms with E-state index < -0.39 is 0 Å². The predicted octanol–water partition coefficient (Wildman–Crippen LogP) is 3.49. The van der Waals surface area contributed by atoms with E-state index >= 15 is 0 Å². The van der Waals surface area contributed by atoms with Gasteiger partial charge in [0.1, 0.15) is 11.9 Å². The van der Waals surface area contributed by atoms with Gasteiger partial charge in [-0.2, -0.15) is 0 Å². The van der Waals surface area contributed by atoms with E-state index in [4.69, 9.17) is 4.74 Å². The number of carbonyl (C=O) groups excluding carboxylic acids is 1. The number of carbonyl (C=O) groups is 1. The molecule has 1 aliphatic heterocycles. The summed E-state index contributed by atoms with van der Waals surface area (Å²) in [5, 5.41) is 3.06. The molecule has 1 amide bonds. The van der Waals surface area contributed by atoms with Gasteiger partial charge in [0.05, 0.1) is 5.56 Å². The fourth-order valence-electron chi connectivity index (χ4n) is 2.23. The molecule has 1 heterocycles. The number of para-hydroxylation sites is 1. The van der Waals surface area contributed by atoms with E-state index in [1.54, 1.807) is 0 Å². The lowest BCUT2D eigenvalue weighted by molar-refractivity contribution is 0.0906. The Hall–Kier alpha value is -1.51. The molecule has 3 nitrogen and oxygen atoms in total. The summed E-state index contributed by atoms with van der Waals surface area (Å²) in [6.45, 7) is 10.3. The summed E-state index contributed by atoms with van der Waals surface area (Å²) in [4.78, 5) is 12.4. The van der Waals surface area contributed by atoms with Crippen LogP contribution < -0.4 is 10.1 Å². The van der Waals surface area contributed by atoms with Crippen molar-refractivity contribution in [1.29, 1.82) is 0 Å². The fraction of sp³-hybridized carbons (Fsp3) is 0.562. The zero-order valence-corrected chi connectivity index (χ0v) is 12.4. The molecule has 0 saturated carbocycles. The van der Waals surface area contributed by atoms with Gasteiger partial charge in [-0.05, 0) is 33.3 Å². The van der Waals surface area contributed by atoms with Crippen LogP contribution in [0.1, 0.15) is 62.9 Å². The summed E-state index contributed by atoms with van der Waals surface area (Å²) >= 11 is 0. The van der Waals surface area contributed by atoms with E-state index in [1.807, 2.05) is 39.0 Å². The monoisotopic (exact) mass is 261 g/mol. The molecule has 0 saturated heterocycles. The van der Waals surface area contributed by atoms with Crippen LogP contribution in [0.25, 0.3) is 0 Å². The molecule has 2 atom stereocenters. The second kappa shape index (κ2) is 4.87. The number of benzene rings is 1. The van der Waals surface area contributed by atoms with Crippen molar-refractivity contribution < 1.29 is 9.53 Å². The number of ether oxygens (including phenoxy) is 1. The number of rotatable bonds is 3. The number of hydrogen-bond donors (Lipinski definition) is 1. The van der Waals surface area contributed by atoms with Crippen molar-refractivity contribution in [3.05, 3.63) is 29.3 Å². The third-order valence-electron chi connectivity index (χ3n) is 4.12. The molecule has 1 aliphatic rings. The van der Waals surface area contributed by atoms with E-state index in [9.17, 15) is 4.79 Å². The summed E-state index contributed by atoms with van der Waals surface area (Å²) in [7, 11) is 0. The van der Waals surface area contributed by atoms with Crippen molar-refractivity contribution in [3.63, 3.8) is 0 Å². The molecule has 2 unspecified atom stereocenters. The average molecular weight is 261 g/mol. The second-order valence-corrected chi connectivity index (χ2v) is 6.03. The minimum absolute atomic E-state index is 0.0509. The van der Waals surface area contributed by atoms with Crippen LogP contribution in [0.5, 0.6) is 5.75 Å². The van der Waals surface area contributed by atoms with Crippen LogP contribution in [0.2, 0.25) is 0 Å². The highest BCUT2D eigenvalue weighted by Gasteiger charge is 2.32. The Morgan fingerprint density at radius 3 is 2.68 bits per heavy atom. The quantitative estimate of drug-likeness (QED) is 0.904. The van der Waals surface area contributed by atoms with Crippen LogP contribution in [0, 0.1) is 0 Å². The van der Waals surface area contributed by atoms with E-state index in [-0.39, 0.29) is 17.6 Å². The van der Waals surface area contributed by atoms with Crippen LogP contribution in [-0.4, -0.2) is 17.6 Å². The van der Waals surface area contributed by atoms with Crippen LogP contribution in [0.4, 0.5) is 0 Å². The molecular formula is C16H23NO2. The largest absolute Gasteiger partial charge is 0.489 e. The molecule has 0 spiro atoms. The molecule has 1 N–H and O–H groups in total. The van der Waals surface area contributed by atoms with Gasteiger partial charge in [-0.15, -0.1) is 0 Å². The highest BCUT2D eigenvalue weighted by molar-refractivity contribution is 5.98. The summed E-state index contributed by atoms with van der Waals surface area (Å²) in [5.74, 6) is 1.04. The molecule has 3 heteroatoms. The van der Waals surface area contributed by atoms with E-state index in [0.29, 0.717) is 11.5 Å². The van der Waals surface area contributed by atoms with Crippen LogP contribution in [0.15, 0.2) is 18.2 Å². The standard InChI is InChI=1S/C16H23NO2/c1-6-16(4,5)17-15(18)13-9-7-8-12-10(2)11(3)19-14(12)13/h7-11H,6H2,1-5H3,(H,17,18). The molecule has 104 valence electrons. The maximum Gasteiger partial charge on any atom is 0.255 e. The van der Waals surface area contributed by atoms with Crippen molar-refractivity contribution >= 4 is 5.91 Å². The van der Waals surface area contributed by atoms with Crippen LogP contribution >= 0.6 is 0 Å². The molecule has 0 bridgehead atoms. The van der Waals surface area contributed by atoms with Gasteiger partial charge in [0.2, 0.25) is 0 Å².